The summed E-state index contributed by atoms with van der Waals surface area (Å²) in [5.41, 5.74) is 3.47. The van der Waals surface area contributed by atoms with Crippen LogP contribution in [0.3, 0.4) is 0 Å². The topological polar surface area (TPSA) is 90.2 Å². The average Bonchev–Trinajstić information content (AvgIpc) is 2.63. The Kier molecular flexibility index (Phi) is 4.56. The standard InChI is InChI=1S/C18H16N4O3/c1-12-3-5-13(6-4-12)15-9-10-18(21-20-15)19-16-8-7-14(22(23)24)11-17(16)25-2/h3-11H,1-2H3,(H,19,21). The third-order valence-corrected chi connectivity index (χ3v) is 3.67. The number of nitro groups is 1. The van der Waals surface area contributed by atoms with Crippen molar-refractivity contribution in [3.8, 4) is 17.0 Å². The minimum atomic E-state index is -0.470. The molecule has 3 rings (SSSR count). The lowest BCUT2D eigenvalue weighted by molar-refractivity contribution is -0.384. The van der Waals surface area contributed by atoms with Crippen molar-refractivity contribution in [1.29, 1.82) is 0 Å². The van der Waals surface area contributed by atoms with Gasteiger partial charge in [-0.05, 0) is 25.1 Å². The van der Waals surface area contributed by atoms with E-state index in [9.17, 15) is 10.1 Å². The van der Waals surface area contributed by atoms with Gasteiger partial charge in [0.25, 0.3) is 5.69 Å². The van der Waals surface area contributed by atoms with Crippen LogP contribution in [-0.4, -0.2) is 22.2 Å². The quantitative estimate of drug-likeness (QED) is 0.557. The van der Waals surface area contributed by atoms with Crippen molar-refractivity contribution in [2.45, 2.75) is 6.92 Å². The molecule has 7 heteroatoms. The first-order valence-corrected chi connectivity index (χ1v) is 7.57. The fraction of sp³-hybridized carbons (Fsp3) is 0.111. The Labute approximate surface area is 144 Å². The Morgan fingerprint density at radius 1 is 1.04 bits per heavy atom. The van der Waals surface area contributed by atoms with Crippen molar-refractivity contribution in [3.05, 3.63) is 70.3 Å². The number of non-ortho nitro benzene ring substituents is 1. The molecule has 1 heterocycles. The van der Waals surface area contributed by atoms with E-state index in [-0.39, 0.29) is 5.69 Å². The number of aryl methyl sites for hydroxylation is 1. The second kappa shape index (κ2) is 6.96. The third kappa shape index (κ3) is 3.72. The van der Waals surface area contributed by atoms with Crippen LogP contribution in [0.2, 0.25) is 0 Å². The molecule has 0 fully saturated rings. The van der Waals surface area contributed by atoms with Crippen molar-refractivity contribution >= 4 is 17.2 Å². The molecule has 1 N–H and O–H groups in total. The number of hydrogen-bond donors (Lipinski definition) is 1. The van der Waals surface area contributed by atoms with Crippen molar-refractivity contribution in [3.63, 3.8) is 0 Å². The molecule has 0 unspecified atom stereocenters. The maximum Gasteiger partial charge on any atom is 0.273 e. The van der Waals surface area contributed by atoms with Gasteiger partial charge in [0.2, 0.25) is 0 Å². The number of rotatable bonds is 5. The Balaban J connectivity index is 1.82. The average molecular weight is 336 g/mol. The molecule has 7 nitrogen and oxygen atoms in total. The summed E-state index contributed by atoms with van der Waals surface area (Å²) in [4.78, 5) is 10.4. The summed E-state index contributed by atoms with van der Waals surface area (Å²) in [5, 5.41) is 22.3. The molecule has 0 bridgehead atoms. The van der Waals surface area contributed by atoms with Gasteiger partial charge in [-0.25, -0.2) is 0 Å². The highest BCUT2D eigenvalue weighted by atomic mass is 16.6. The Morgan fingerprint density at radius 3 is 2.40 bits per heavy atom. The van der Waals surface area contributed by atoms with Crippen molar-refractivity contribution in [2.75, 3.05) is 12.4 Å². The van der Waals surface area contributed by atoms with Crippen LogP contribution in [0.5, 0.6) is 5.75 Å². The molecule has 25 heavy (non-hydrogen) atoms. The SMILES string of the molecule is COc1cc([N+](=O)[O-])ccc1Nc1ccc(-c2ccc(C)cc2)nn1. The fourth-order valence-corrected chi connectivity index (χ4v) is 2.31. The van der Waals surface area contributed by atoms with E-state index in [2.05, 4.69) is 15.5 Å². The molecule has 2 aromatic carbocycles. The van der Waals surface area contributed by atoms with E-state index in [1.54, 1.807) is 12.1 Å². The Hall–Kier alpha value is -3.48. The summed E-state index contributed by atoms with van der Waals surface area (Å²) in [5.74, 6) is 0.877. The number of nitro benzene ring substituents is 1. The number of anilines is 2. The molecular weight excluding hydrogens is 320 g/mol. The smallest absolute Gasteiger partial charge is 0.273 e. The summed E-state index contributed by atoms with van der Waals surface area (Å²) in [6.45, 7) is 2.03. The van der Waals surface area contributed by atoms with Gasteiger partial charge in [0.05, 0.1) is 29.5 Å². The summed E-state index contributed by atoms with van der Waals surface area (Å²) >= 11 is 0. The van der Waals surface area contributed by atoms with E-state index >= 15 is 0 Å². The highest BCUT2D eigenvalue weighted by Crippen LogP contribution is 2.31. The van der Waals surface area contributed by atoms with E-state index in [1.807, 2.05) is 37.3 Å². The molecule has 0 amide bonds. The van der Waals surface area contributed by atoms with Gasteiger partial charge in [0, 0.05) is 11.6 Å². The van der Waals surface area contributed by atoms with E-state index in [1.165, 1.54) is 24.8 Å². The van der Waals surface area contributed by atoms with Gasteiger partial charge >= 0.3 is 0 Å². The minimum Gasteiger partial charge on any atom is -0.494 e. The molecule has 1 aromatic heterocycles. The number of nitrogens with zero attached hydrogens (tertiary/aromatic N) is 3. The second-order valence-corrected chi connectivity index (χ2v) is 5.44. The van der Waals surface area contributed by atoms with E-state index < -0.39 is 4.92 Å². The van der Waals surface area contributed by atoms with Crippen molar-refractivity contribution < 1.29 is 9.66 Å². The zero-order valence-electron chi connectivity index (χ0n) is 13.8. The highest BCUT2D eigenvalue weighted by Gasteiger charge is 2.12. The molecule has 0 radical (unpaired) electrons. The first-order chi connectivity index (χ1) is 12.1. The first-order valence-electron chi connectivity index (χ1n) is 7.57. The summed E-state index contributed by atoms with van der Waals surface area (Å²) in [7, 11) is 1.45. The van der Waals surface area contributed by atoms with E-state index in [4.69, 9.17) is 4.74 Å². The molecular formula is C18H16N4O3. The molecule has 0 spiro atoms. The molecule has 0 saturated carbocycles. The Bertz CT molecular complexity index is 893. The van der Waals surface area contributed by atoms with Gasteiger partial charge in [-0.2, -0.15) is 0 Å². The van der Waals surface area contributed by atoms with Gasteiger partial charge in [-0.1, -0.05) is 29.8 Å². The van der Waals surface area contributed by atoms with Gasteiger partial charge in [0.15, 0.2) is 5.82 Å². The number of nitrogens with one attached hydrogen (secondary N) is 1. The van der Waals surface area contributed by atoms with Crippen LogP contribution in [0.25, 0.3) is 11.3 Å². The molecule has 0 aliphatic rings. The maximum atomic E-state index is 10.8. The zero-order chi connectivity index (χ0) is 17.8. The number of methoxy groups -OCH3 is 1. The normalized spacial score (nSPS) is 10.3. The highest BCUT2D eigenvalue weighted by molar-refractivity contribution is 5.67. The molecule has 3 aromatic rings. The number of hydrogen-bond acceptors (Lipinski definition) is 6. The molecule has 0 aliphatic carbocycles. The predicted octanol–water partition coefficient (Wildman–Crippen LogP) is 4.11. The van der Waals surface area contributed by atoms with E-state index in [0.29, 0.717) is 17.3 Å². The van der Waals surface area contributed by atoms with Crippen molar-refractivity contribution in [1.82, 2.24) is 10.2 Å². The molecule has 0 atom stereocenters. The zero-order valence-corrected chi connectivity index (χ0v) is 13.8. The van der Waals surface area contributed by atoms with Crippen LogP contribution in [-0.2, 0) is 0 Å². The molecule has 0 aliphatic heterocycles. The van der Waals surface area contributed by atoms with Gasteiger partial charge < -0.3 is 10.1 Å². The third-order valence-electron chi connectivity index (χ3n) is 3.67. The van der Waals surface area contributed by atoms with Crippen LogP contribution in [0, 0.1) is 17.0 Å². The number of ether oxygens (including phenoxy) is 1. The van der Waals surface area contributed by atoms with Gasteiger partial charge in [-0.15, -0.1) is 10.2 Å². The fourth-order valence-electron chi connectivity index (χ4n) is 2.31. The lowest BCUT2D eigenvalue weighted by atomic mass is 10.1. The van der Waals surface area contributed by atoms with Crippen LogP contribution >= 0.6 is 0 Å². The van der Waals surface area contributed by atoms with Crippen molar-refractivity contribution in [2.24, 2.45) is 0 Å². The minimum absolute atomic E-state index is 0.0387. The van der Waals surface area contributed by atoms with Crippen LogP contribution in [0.15, 0.2) is 54.6 Å². The first kappa shape index (κ1) is 16.4. The molecule has 0 saturated heterocycles. The summed E-state index contributed by atoms with van der Waals surface area (Å²) in [6.07, 6.45) is 0. The summed E-state index contributed by atoms with van der Waals surface area (Å²) < 4.78 is 5.20. The van der Waals surface area contributed by atoms with Crippen LogP contribution in [0.1, 0.15) is 5.56 Å². The van der Waals surface area contributed by atoms with Gasteiger partial charge in [-0.3, -0.25) is 10.1 Å². The summed E-state index contributed by atoms with van der Waals surface area (Å²) in [6, 6.07) is 16.0. The van der Waals surface area contributed by atoms with Gasteiger partial charge in [0.1, 0.15) is 5.75 Å². The predicted molar refractivity (Wildman–Crippen MR) is 95.1 cm³/mol. The monoisotopic (exact) mass is 336 g/mol. The largest absolute Gasteiger partial charge is 0.494 e. The van der Waals surface area contributed by atoms with Crippen LogP contribution in [0.4, 0.5) is 17.2 Å². The lowest BCUT2D eigenvalue weighted by Gasteiger charge is -2.10. The van der Waals surface area contributed by atoms with E-state index in [0.717, 1.165) is 11.3 Å². The second-order valence-electron chi connectivity index (χ2n) is 5.44. The molecule has 126 valence electrons. The lowest BCUT2D eigenvalue weighted by Crippen LogP contribution is -1.99. The number of aromatic nitrogens is 2. The maximum absolute atomic E-state index is 10.8. The Morgan fingerprint density at radius 2 is 1.80 bits per heavy atom. The number of benzene rings is 2. The van der Waals surface area contributed by atoms with Crippen LogP contribution < -0.4 is 10.1 Å².